The van der Waals surface area contributed by atoms with Gasteiger partial charge < -0.3 is 4.90 Å². The molecule has 1 aromatic carbocycles. The highest BCUT2D eigenvalue weighted by Crippen LogP contribution is 2.24. The first-order chi connectivity index (χ1) is 13.2. The summed E-state index contributed by atoms with van der Waals surface area (Å²) in [5.41, 5.74) is 1.90. The van der Waals surface area contributed by atoms with Crippen molar-refractivity contribution in [1.29, 1.82) is 0 Å². The molecule has 1 saturated heterocycles. The zero-order valence-corrected chi connectivity index (χ0v) is 17.9. The number of rotatable bonds is 4. The minimum atomic E-state index is -3.65. The van der Waals surface area contributed by atoms with Gasteiger partial charge in [0, 0.05) is 38.2 Å². The molecule has 1 aromatic heterocycles. The second-order valence-electron chi connectivity index (χ2n) is 7.03. The van der Waals surface area contributed by atoms with E-state index in [4.69, 9.17) is 11.6 Å². The van der Waals surface area contributed by atoms with Gasteiger partial charge >= 0.3 is 0 Å². The summed E-state index contributed by atoms with van der Waals surface area (Å²) < 4.78 is 29.4. The zero-order chi connectivity index (χ0) is 20.5. The van der Waals surface area contributed by atoms with E-state index >= 15 is 0 Å². The number of amides is 1. The smallest absolute Gasteiger partial charge is 0.246 e. The van der Waals surface area contributed by atoms with Gasteiger partial charge in [0.2, 0.25) is 15.9 Å². The lowest BCUT2D eigenvalue weighted by molar-refractivity contribution is -0.130. The van der Waals surface area contributed by atoms with E-state index in [1.807, 2.05) is 18.2 Å². The summed E-state index contributed by atoms with van der Waals surface area (Å²) in [6, 6.07) is 7.28. The number of carbonyl (C=O) groups is 1. The van der Waals surface area contributed by atoms with Gasteiger partial charge in [-0.2, -0.15) is 9.40 Å². The molecule has 0 radical (unpaired) electrons. The molecule has 152 valence electrons. The van der Waals surface area contributed by atoms with E-state index in [9.17, 15) is 13.2 Å². The summed E-state index contributed by atoms with van der Waals surface area (Å²) in [7, 11) is -1.91. The van der Waals surface area contributed by atoms with Crippen LogP contribution in [0, 0.1) is 13.8 Å². The number of nitrogens with zero attached hydrogens (tertiary/aromatic N) is 4. The first-order valence-corrected chi connectivity index (χ1v) is 11.0. The van der Waals surface area contributed by atoms with Gasteiger partial charge in [-0.3, -0.25) is 9.48 Å². The molecule has 0 unspecified atom stereocenters. The van der Waals surface area contributed by atoms with Crippen LogP contribution in [0.2, 0.25) is 5.02 Å². The monoisotopic (exact) mass is 424 g/mol. The van der Waals surface area contributed by atoms with Crippen molar-refractivity contribution in [3.05, 3.63) is 46.2 Å². The van der Waals surface area contributed by atoms with Gasteiger partial charge in [0.1, 0.15) is 4.90 Å². The molecule has 0 spiro atoms. The van der Waals surface area contributed by atoms with Gasteiger partial charge in [-0.1, -0.05) is 29.8 Å². The molecule has 1 amide bonds. The first-order valence-electron chi connectivity index (χ1n) is 9.23. The van der Waals surface area contributed by atoms with E-state index < -0.39 is 10.0 Å². The van der Waals surface area contributed by atoms with Crippen molar-refractivity contribution < 1.29 is 13.2 Å². The predicted molar refractivity (Wildman–Crippen MR) is 108 cm³/mol. The fourth-order valence-electron chi connectivity index (χ4n) is 3.56. The van der Waals surface area contributed by atoms with Gasteiger partial charge in [0.15, 0.2) is 0 Å². The molecular weight excluding hydrogens is 400 g/mol. The summed E-state index contributed by atoms with van der Waals surface area (Å²) in [5.74, 6) is -0.0407. The lowest BCUT2D eigenvalue weighted by Crippen LogP contribution is -2.38. The number of benzene rings is 1. The van der Waals surface area contributed by atoms with E-state index in [0.717, 1.165) is 5.56 Å². The third kappa shape index (κ3) is 4.09. The second kappa shape index (κ2) is 8.23. The fourth-order valence-corrected chi connectivity index (χ4v) is 5.63. The highest BCUT2D eigenvalue weighted by Gasteiger charge is 2.32. The molecule has 0 saturated carbocycles. The minimum absolute atomic E-state index is 0.0407. The van der Waals surface area contributed by atoms with Gasteiger partial charge in [0.05, 0.1) is 17.8 Å². The number of carbonyl (C=O) groups excluding carboxylic acids is 1. The molecule has 1 aliphatic heterocycles. The Kier molecular flexibility index (Phi) is 6.12. The molecule has 1 fully saturated rings. The molecular formula is C19H25ClN4O3S. The largest absolute Gasteiger partial charge is 0.341 e. The lowest BCUT2D eigenvalue weighted by Gasteiger charge is -2.22. The van der Waals surface area contributed by atoms with E-state index in [0.29, 0.717) is 42.5 Å². The Labute approximate surface area is 170 Å². The first kappa shape index (κ1) is 20.8. The molecule has 2 aromatic rings. The summed E-state index contributed by atoms with van der Waals surface area (Å²) in [4.78, 5) is 14.7. The lowest BCUT2D eigenvalue weighted by atomic mass is 10.1. The maximum Gasteiger partial charge on any atom is 0.246 e. The van der Waals surface area contributed by atoms with Gasteiger partial charge in [-0.15, -0.1) is 0 Å². The average molecular weight is 425 g/mol. The molecule has 0 aliphatic carbocycles. The highest BCUT2D eigenvalue weighted by molar-refractivity contribution is 7.89. The van der Waals surface area contributed by atoms with Crippen LogP contribution in [-0.4, -0.2) is 59.5 Å². The summed E-state index contributed by atoms with van der Waals surface area (Å²) in [6.07, 6.45) is 0.805. The van der Waals surface area contributed by atoms with Crippen LogP contribution in [0.3, 0.4) is 0 Å². The molecule has 0 atom stereocenters. The number of aromatic nitrogens is 2. The van der Waals surface area contributed by atoms with Crippen LogP contribution < -0.4 is 0 Å². The standard InChI is InChI=1S/C19H25ClN4O3S/c1-14-19(15(2)22(3)21-14)28(26,27)24-10-6-9-23(11-12-24)18(25)13-16-7-4-5-8-17(16)20/h4-5,7-8H,6,9-13H2,1-3H3. The van der Waals surface area contributed by atoms with Crippen molar-refractivity contribution in [2.75, 3.05) is 26.2 Å². The molecule has 2 heterocycles. The maximum atomic E-state index is 13.2. The Morgan fingerprint density at radius 2 is 1.86 bits per heavy atom. The molecule has 0 N–H and O–H groups in total. The molecule has 0 bridgehead atoms. The number of hydrogen-bond donors (Lipinski definition) is 0. The predicted octanol–water partition coefficient (Wildman–Crippen LogP) is 2.16. The Bertz CT molecular complexity index is 987. The van der Waals surface area contributed by atoms with Gasteiger partial charge in [-0.25, -0.2) is 8.42 Å². The Hall–Kier alpha value is -1.90. The normalized spacial score (nSPS) is 16.2. The number of aryl methyl sites for hydroxylation is 2. The highest BCUT2D eigenvalue weighted by atomic mass is 35.5. The van der Waals surface area contributed by atoms with Crippen LogP contribution in [0.1, 0.15) is 23.4 Å². The molecule has 7 nitrogen and oxygen atoms in total. The Balaban J connectivity index is 1.72. The second-order valence-corrected chi connectivity index (χ2v) is 9.31. The zero-order valence-electron chi connectivity index (χ0n) is 16.4. The number of hydrogen-bond acceptors (Lipinski definition) is 4. The third-order valence-electron chi connectivity index (χ3n) is 5.15. The van der Waals surface area contributed by atoms with E-state index in [1.54, 1.807) is 36.5 Å². The van der Waals surface area contributed by atoms with Crippen LogP contribution in [0.25, 0.3) is 0 Å². The van der Waals surface area contributed by atoms with E-state index in [-0.39, 0.29) is 23.8 Å². The minimum Gasteiger partial charge on any atom is -0.341 e. The van der Waals surface area contributed by atoms with Crippen molar-refractivity contribution in [3.8, 4) is 0 Å². The quantitative estimate of drug-likeness (QED) is 0.753. The van der Waals surface area contributed by atoms with Crippen LogP contribution in [0.4, 0.5) is 0 Å². The third-order valence-corrected chi connectivity index (χ3v) is 7.67. The molecule has 1 aliphatic rings. The molecule has 3 rings (SSSR count). The van der Waals surface area contributed by atoms with Crippen LogP contribution in [0.15, 0.2) is 29.2 Å². The van der Waals surface area contributed by atoms with Gasteiger partial charge in [-0.05, 0) is 31.9 Å². The summed E-state index contributed by atoms with van der Waals surface area (Å²) >= 11 is 6.16. The maximum absolute atomic E-state index is 13.2. The molecule has 28 heavy (non-hydrogen) atoms. The van der Waals surface area contributed by atoms with Crippen molar-refractivity contribution in [1.82, 2.24) is 19.0 Å². The molecule has 9 heteroatoms. The van der Waals surface area contributed by atoms with Crippen molar-refractivity contribution >= 4 is 27.5 Å². The Morgan fingerprint density at radius 3 is 2.50 bits per heavy atom. The SMILES string of the molecule is Cc1nn(C)c(C)c1S(=O)(=O)N1CCCN(C(=O)Cc2ccccc2Cl)CC1. The number of halogens is 1. The number of sulfonamides is 1. The topological polar surface area (TPSA) is 75.5 Å². The van der Waals surface area contributed by atoms with Crippen LogP contribution in [0.5, 0.6) is 0 Å². The van der Waals surface area contributed by atoms with Crippen molar-refractivity contribution in [3.63, 3.8) is 0 Å². The average Bonchev–Trinajstić information content (AvgIpc) is 2.82. The van der Waals surface area contributed by atoms with E-state index in [1.165, 1.54) is 4.31 Å². The fraction of sp³-hybridized carbons (Fsp3) is 0.474. The summed E-state index contributed by atoms with van der Waals surface area (Å²) in [6.45, 7) is 5.00. The van der Waals surface area contributed by atoms with Crippen molar-refractivity contribution in [2.45, 2.75) is 31.6 Å². The van der Waals surface area contributed by atoms with Gasteiger partial charge in [0.25, 0.3) is 0 Å². The Morgan fingerprint density at radius 1 is 1.14 bits per heavy atom. The van der Waals surface area contributed by atoms with E-state index in [2.05, 4.69) is 5.10 Å². The summed E-state index contributed by atoms with van der Waals surface area (Å²) in [5, 5.41) is 4.79. The van der Waals surface area contributed by atoms with Crippen LogP contribution in [-0.2, 0) is 28.3 Å². The van der Waals surface area contributed by atoms with Crippen molar-refractivity contribution in [2.24, 2.45) is 7.05 Å². The van der Waals surface area contributed by atoms with Crippen LogP contribution >= 0.6 is 11.6 Å².